The molecule has 0 unspecified atom stereocenters. The SMILES string of the molecule is CCCC1=C(C(=O)OCC)[C@H](c2cc(Cl)ccc2OC)n2c(s/c(=C/c3ccc(-c4ccc(C(C)=O)cc4)o3)c2=O)=N1. The number of carbonyl (C=O) groups is 2. The van der Waals surface area contributed by atoms with Crippen molar-refractivity contribution >= 4 is 40.8 Å². The summed E-state index contributed by atoms with van der Waals surface area (Å²) >= 11 is 7.61. The van der Waals surface area contributed by atoms with Crippen molar-refractivity contribution in [2.45, 2.75) is 39.7 Å². The number of esters is 1. The van der Waals surface area contributed by atoms with E-state index in [1.165, 1.54) is 29.9 Å². The van der Waals surface area contributed by atoms with Gasteiger partial charge in [-0.2, -0.15) is 0 Å². The topological polar surface area (TPSA) is 100 Å². The van der Waals surface area contributed by atoms with Crippen LogP contribution in [0.2, 0.25) is 5.02 Å². The van der Waals surface area contributed by atoms with Crippen molar-refractivity contribution in [2.24, 2.45) is 4.99 Å². The van der Waals surface area contributed by atoms with Gasteiger partial charge in [-0.1, -0.05) is 60.5 Å². The number of benzene rings is 2. The molecule has 2 aromatic carbocycles. The van der Waals surface area contributed by atoms with E-state index in [2.05, 4.69) is 0 Å². The van der Waals surface area contributed by atoms with E-state index in [4.69, 9.17) is 30.5 Å². The number of thiazole rings is 1. The van der Waals surface area contributed by atoms with Crippen LogP contribution in [-0.4, -0.2) is 30.0 Å². The summed E-state index contributed by atoms with van der Waals surface area (Å²) in [5.41, 5.74) is 2.47. The molecule has 2 aromatic heterocycles. The number of fused-ring (bicyclic) bond motifs is 1. The van der Waals surface area contributed by atoms with Crippen molar-refractivity contribution in [1.29, 1.82) is 0 Å². The van der Waals surface area contributed by atoms with E-state index < -0.39 is 12.0 Å². The van der Waals surface area contributed by atoms with Gasteiger partial charge < -0.3 is 13.9 Å². The number of carbonyl (C=O) groups excluding carboxylic acids is 2. The van der Waals surface area contributed by atoms with E-state index in [0.717, 1.165) is 12.0 Å². The summed E-state index contributed by atoms with van der Waals surface area (Å²) in [6.07, 6.45) is 2.91. The maximum absolute atomic E-state index is 14.0. The first-order valence-electron chi connectivity index (χ1n) is 13.5. The maximum atomic E-state index is 14.0. The lowest BCUT2D eigenvalue weighted by molar-refractivity contribution is -0.139. The number of halogens is 1. The highest BCUT2D eigenvalue weighted by Gasteiger charge is 2.36. The molecular formula is C32H29ClN2O6S. The van der Waals surface area contributed by atoms with Gasteiger partial charge in [-0.3, -0.25) is 14.2 Å². The highest BCUT2D eigenvalue weighted by molar-refractivity contribution is 7.07. The van der Waals surface area contributed by atoms with Crippen LogP contribution in [0.5, 0.6) is 5.75 Å². The Labute approximate surface area is 251 Å². The van der Waals surface area contributed by atoms with Gasteiger partial charge in [0.1, 0.15) is 23.3 Å². The molecule has 10 heteroatoms. The lowest BCUT2D eigenvalue weighted by Crippen LogP contribution is -2.40. The number of furan rings is 1. The second kappa shape index (κ2) is 12.3. The van der Waals surface area contributed by atoms with Gasteiger partial charge in [0, 0.05) is 27.8 Å². The molecular weight excluding hydrogens is 576 g/mol. The van der Waals surface area contributed by atoms with E-state index in [9.17, 15) is 14.4 Å². The molecule has 0 saturated heterocycles. The van der Waals surface area contributed by atoms with Crippen molar-refractivity contribution in [1.82, 2.24) is 4.57 Å². The molecule has 0 amide bonds. The molecule has 1 atom stereocenters. The number of hydrogen-bond donors (Lipinski definition) is 0. The molecule has 4 aromatic rings. The van der Waals surface area contributed by atoms with Crippen LogP contribution < -0.4 is 19.6 Å². The highest BCUT2D eigenvalue weighted by Crippen LogP contribution is 2.38. The first-order valence-corrected chi connectivity index (χ1v) is 14.7. The molecule has 0 bridgehead atoms. The predicted molar refractivity (Wildman–Crippen MR) is 162 cm³/mol. The van der Waals surface area contributed by atoms with Gasteiger partial charge in [0.05, 0.1) is 29.5 Å². The number of ether oxygens (including phenoxy) is 2. The van der Waals surface area contributed by atoms with Crippen molar-refractivity contribution in [3.63, 3.8) is 0 Å². The number of hydrogen-bond acceptors (Lipinski definition) is 8. The molecule has 216 valence electrons. The third-order valence-electron chi connectivity index (χ3n) is 6.85. The summed E-state index contributed by atoms with van der Waals surface area (Å²) in [5, 5.41) is 0.435. The fourth-order valence-electron chi connectivity index (χ4n) is 4.92. The smallest absolute Gasteiger partial charge is 0.338 e. The van der Waals surface area contributed by atoms with E-state index in [-0.39, 0.29) is 23.5 Å². The minimum atomic E-state index is -0.857. The Balaban J connectivity index is 1.67. The number of aromatic nitrogens is 1. The van der Waals surface area contributed by atoms with Crippen LogP contribution in [0.1, 0.15) is 61.3 Å². The van der Waals surface area contributed by atoms with Gasteiger partial charge >= 0.3 is 5.97 Å². The van der Waals surface area contributed by atoms with E-state index >= 15 is 0 Å². The number of methoxy groups -OCH3 is 1. The van der Waals surface area contributed by atoms with Gasteiger partial charge in [0.25, 0.3) is 5.56 Å². The number of rotatable bonds is 9. The van der Waals surface area contributed by atoms with Crippen molar-refractivity contribution in [2.75, 3.05) is 13.7 Å². The molecule has 3 heterocycles. The van der Waals surface area contributed by atoms with Crippen LogP contribution in [0.25, 0.3) is 17.4 Å². The van der Waals surface area contributed by atoms with Crippen LogP contribution in [0, 0.1) is 0 Å². The lowest BCUT2D eigenvalue weighted by atomic mass is 9.93. The predicted octanol–water partition coefficient (Wildman–Crippen LogP) is 5.70. The van der Waals surface area contributed by atoms with Crippen LogP contribution in [0.3, 0.4) is 0 Å². The van der Waals surface area contributed by atoms with E-state index in [0.29, 0.717) is 54.9 Å². The summed E-state index contributed by atoms with van der Waals surface area (Å²) < 4.78 is 19.0. The minimum Gasteiger partial charge on any atom is -0.496 e. The molecule has 0 fully saturated rings. The van der Waals surface area contributed by atoms with Gasteiger partial charge in [-0.15, -0.1) is 0 Å². The fourth-order valence-corrected chi connectivity index (χ4v) is 6.10. The van der Waals surface area contributed by atoms with Crippen molar-refractivity contribution < 1.29 is 23.5 Å². The Hall–Kier alpha value is -4.21. The monoisotopic (exact) mass is 604 g/mol. The number of Topliss-reactive ketones (excluding diaryl/α,β-unsaturated/α-hetero) is 1. The summed E-state index contributed by atoms with van der Waals surface area (Å²) in [4.78, 5) is 44.3. The molecule has 0 saturated carbocycles. The minimum absolute atomic E-state index is 0.0148. The third kappa shape index (κ3) is 5.62. The number of nitrogens with zero attached hydrogens (tertiary/aromatic N) is 2. The number of allylic oxidation sites excluding steroid dienone is 1. The van der Waals surface area contributed by atoms with Gasteiger partial charge in [0.15, 0.2) is 10.6 Å². The molecule has 8 nitrogen and oxygen atoms in total. The largest absolute Gasteiger partial charge is 0.496 e. The molecule has 0 aliphatic carbocycles. The molecule has 1 aliphatic rings. The Morgan fingerprint density at radius 2 is 1.88 bits per heavy atom. The number of ketones is 1. The zero-order valence-electron chi connectivity index (χ0n) is 23.6. The lowest BCUT2D eigenvalue weighted by Gasteiger charge is -2.27. The second-order valence-corrected chi connectivity index (χ2v) is 11.1. The van der Waals surface area contributed by atoms with Gasteiger partial charge in [0.2, 0.25) is 0 Å². The molecule has 0 N–H and O–H groups in total. The Morgan fingerprint density at radius 3 is 2.55 bits per heavy atom. The zero-order chi connectivity index (χ0) is 30.0. The average molecular weight is 605 g/mol. The third-order valence-corrected chi connectivity index (χ3v) is 8.07. The molecule has 5 rings (SSSR count). The second-order valence-electron chi connectivity index (χ2n) is 9.64. The average Bonchev–Trinajstić information content (AvgIpc) is 3.57. The summed E-state index contributed by atoms with van der Waals surface area (Å²) in [5.74, 6) is 0.989. The summed E-state index contributed by atoms with van der Waals surface area (Å²) in [6.45, 7) is 5.42. The summed E-state index contributed by atoms with van der Waals surface area (Å²) in [6, 6.07) is 15.0. The highest BCUT2D eigenvalue weighted by atomic mass is 35.5. The summed E-state index contributed by atoms with van der Waals surface area (Å²) in [7, 11) is 1.53. The van der Waals surface area contributed by atoms with E-state index in [1.54, 1.807) is 49.4 Å². The Bertz CT molecular complexity index is 1880. The Kier molecular flexibility index (Phi) is 8.61. The van der Waals surface area contributed by atoms with Gasteiger partial charge in [-0.05, 0) is 50.6 Å². The maximum Gasteiger partial charge on any atom is 0.338 e. The zero-order valence-corrected chi connectivity index (χ0v) is 25.2. The molecule has 0 radical (unpaired) electrons. The van der Waals surface area contributed by atoms with E-state index in [1.807, 2.05) is 25.1 Å². The molecule has 0 spiro atoms. The van der Waals surface area contributed by atoms with Crippen LogP contribution in [0.15, 0.2) is 80.1 Å². The first kappa shape index (κ1) is 29.3. The van der Waals surface area contributed by atoms with Crippen LogP contribution in [0.4, 0.5) is 0 Å². The Morgan fingerprint density at radius 1 is 1.12 bits per heavy atom. The standard InChI is InChI=1S/C32H29ClN2O6S/c1-5-7-24-28(31(38)40-6-2)29(23-16-21(33)12-14-26(23)39-4)35-30(37)27(42-32(35)34-24)17-22-13-15-25(41-22)20-10-8-19(9-11-20)18(3)36/h8-17,29H,5-7H2,1-4H3/b27-17+/t29-/m0/s1. The van der Waals surface area contributed by atoms with Gasteiger partial charge in [-0.25, -0.2) is 9.79 Å². The molecule has 1 aliphatic heterocycles. The normalized spacial score (nSPS) is 14.9. The van der Waals surface area contributed by atoms with Crippen LogP contribution >= 0.6 is 22.9 Å². The van der Waals surface area contributed by atoms with Crippen molar-refractivity contribution in [3.8, 4) is 17.1 Å². The van der Waals surface area contributed by atoms with Crippen LogP contribution in [-0.2, 0) is 9.53 Å². The van der Waals surface area contributed by atoms with Crippen molar-refractivity contribution in [3.05, 3.63) is 107 Å². The molecule has 42 heavy (non-hydrogen) atoms. The first-order chi connectivity index (χ1) is 20.2. The quantitative estimate of drug-likeness (QED) is 0.179. The fraction of sp³-hybridized carbons (Fsp3) is 0.250.